The average molecular weight is 305 g/mol. The summed E-state index contributed by atoms with van der Waals surface area (Å²) in [5.74, 6) is 0.785. The fourth-order valence-corrected chi connectivity index (χ4v) is 3.92. The van der Waals surface area contributed by atoms with Crippen LogP contribution in [0, 0.1) is 6.92 Å². The Balaban J connectivity index is 2.43. The molecule has 1 aliphatic heterocycles. The van der Waals surface area contributed by atoms with Gasteiger partial charge in [-0.15, -0.1) is 0 Å². The zero-order valence-electron chi connectivity index (χ0n) is 8.98. The molecule has 0 amide bonds. The molecule has 88 valence electrons. The molecule has 0 saturated carbocycles. The second kappa shape index (κ2) is 4.33. The van der Waals surface area contributed by atoms with Crippen LogP contribution in [0.5, 0.6) is 0 Å². The van der Waals surface area contributed by atoms with Crippen molar-refractivity contribution in [1.29, 1.82) is 0 Å². The SMILES string of the molecule is Cc1cc(Br)cnc1N1CCCCS1(=O)=O. The average Bonchev–Trinajstić information content (AvgIpc) is 2.19. The van der Waals surface area contributed by atoms with Gasteiger partial charge in [-0.25, -0.2) is 13.4 Å². The predicted molar refractivity (Wildman–Crippen MR) is 67.0 cm³/mol. The van der Waals surface area contributed by atoms with Crippen molar-refractivity contribution in [3.8, 4) is 0 Å². The number of hydrogen-bond donors (Lipinski definition) is 0. The summed E-state index contributed by atoms with van der Waals surface area (Å²) in [5, 5.41) is 0. The maximum atomic E-state index is 11.9. The highest BCUT2D eigenvalue weighted by Gasteiger charge is 2.27. The van der Waals surface area contributed by atoms with Crippen molar-refractivity contribution in [3.05, 3.63) is 22.3 Å². The molecular weight excluding hydrogens is 292 g/mol. The lowest BCUT2D eigenvalue weighted by Gasteiger charge is -2.28. The molecule has 0 N–H and O–H groups in total. The van der Waals surface area contributed by atoms with E-state index < -0.39 is 10.0 Å². The summed E-state index contributed by atoms with van der Waals surface area (Å²) >= 11 is 3.32. The number of rotatable bonds is 1. The first-order chi connectivity index (χ1) is 7.50. The summed E-state index contributed by atoms with van der Waals surface area (Å²) < 4.78 is 26.1. The molecule has 2 rings (SSSR count). The van der Waals surface area contributed by atoms with Gasteiger partial charge in [0.15, 0.2) is 0 Å². The molecule has 1 fully saturated rings. The Morgan fingerprint density at radius 3 is 2.81 bits per heavy atom. The van der Waals surface area contributed by atoms with Crippen LogP contribution in [-0.2, 0) is 10.0 Å². The molecule has 0 bridgehead atoms. The molecule has 16 heavy (non-hydrogen) atoms. The summed E-state index contributed by atoms with van der Waals surface area (Å²) in [7, 11) is -3.16. The van der Waals surface area contributed by atoms with Crippen molar-refractivity contribution in [2.75, 3.05) is 16.6 Å². The number of hydrogen-bond acceptors (Lipinski definition) is 3. The molecule has 1 saturated heterocycles. The van der Waals surface area contributed by atoms with Crippen LogP contribution in [-0.4, -0.2) is 25.7 Å². The number of aromatic nitrogens is 1. The lowest BCUT2D eigenvalue weighted by Crippen LogP contribution is -2.38. The molecule has 0 aromatic carbocycles. The van der Waals surface area contributed by atoms with Crippen LogP contribution in [0.25, 0.3) is 0 Å². The number of anilines is 1. The Hall–Kier alpha value is -0.620. The fraction of sp³-hybridized carbons (Fsp3) is 0.500. The van der Waals surface area contributed by atoms with E-state index in [1.54, 1.807) is 6.20 Å². The van der Waals surface area contributed by atoms with E-state index in [1.165, 1.54) is 4.31 Å². The van der Waals surface area contributed by atoms with Crippen LogP contribution in [0.2, 0.25) is 0 Å². The minimum Gasteiger partial charge on any atom is -0.254 e. The van der Waals surface area contributed by atoms with Gasteiger partial charge >= 0.3 is 0 Å². The second-order valence-electron chi connectivity index (χ2n) is 3.89. The molecule has 4 nitrogen and oxygen atoms in total. The maximum Gasteiger partial charge on any atom is 0.236 e. The first-order valence-electron chi connectivity index (χ1n) is 5.13. The third-order valence-corrected chi connectivity index (χ3v) is 4.87. The number of aryl methyl sites for hydroxylation is 1. The van der Waals surface area contributed by atoms with E-state index in [1.807, 2.05) is 13.0 Å². The highest BCUT2D eigenvalue weighted by Crippen LogP contribution is 2.26. The highest BCUT2D eigenvalue weighted by molar-refractivity contribution is 9.10. The van der Waals surface area contributed by atoms with E-state index in [2.05, 4.69) is 20.9 Å². The van der Waals surface area contributed by atoms with Gasteiger partial charge in [0, 0.05) is 17.2 Å². The molecule has 6 heteroatoms. The van der Waals surface area contributed by atoms with E-state index in [0.29, 0.717) is 12.4 Å². The van der Waals surface area contributed by atoms with Gasteiger partial charge in [-0.05, 0) is 47.3 Å². The Labute approximate surface area is 104 Å². The summed E-state index contributed by atoms with van der Waals surface area (Å²) in [5.41, 5.74) is 0.875. The molecule has 0 spiro atoms. The summed E-state index contributed by atoms with van der Waals surface area (Å²) in [6.45, 7) is 2.41. The van der Waals surface area contributed by atoms with E-state index in [4.69, 9.17) is 0 Å². The largest absolute Gasteiger partial charge is 0.254 e. The van der Waals surface area contributed by atoms with Crippen LogP contribution >= 0.6 is 15.9 Å². The number of halogens is 1. The Morgan fingerprint density at radius 2 is 2.19 bits per heavy atom. The van der Waals surface area contributed by atoms with Crippen molar-refractivity contribution < 1.29 is 8.42 Å². The van der Waals surface area contributed by atoms with E-state index in [9.17, 15) is 8.42 Å². The van der Waals surface area contributed by atoms with E-state index in [0.717, 1.165) is 22.9 Å². The maximum absolute atomic E-state index is 11.9. The van der Waals surface area contributed by atoms with Gasteiger partial charge in [0.2, 0.25) is 10.0 Å². The number of pyridine rings is 1. The lowest BCUT2D eigenvalue weighted by atomic mass is 10.2. The van der Waals surface area contributed by atoms with Crippen molar-refractivity contribution >= 4 is 31.8 Å². The first-order valence-corrected chi connectivity index (χ1v) is 7.53. The molecule has 1 aromatic heterocycles. The molecule has 0 unspecified atom stereocenters. The standard InChI is InChI=1S/C10H13BrN2O2S/c1-8-6-9(11)7-12-10(8)13-4-2-3-5-16(13,14)15/h6-7H,2-5H2,1H3. The Morgan fingerprint density at radius 1 is 1.44 bits per heavy atom. The molecule has 0 atom stereocenters. The van der Waals surface area contributed by atoms with Crippen LogP contribution < -0.4 is 4.31 Å². The second-order valence-corrected chi connectivity index (χ2v) is 6.82. The molecule has 1 aromatic rings. The van der Waals surface area contributed by atoms with Crippen molar-refractivity contribution in [1.82, 2.24) is 4.98 Å². The third kappa shape index (κ3) is 2.22. The van der Waals surface area contributed by atoms with Crippen LogP contribution in [0.4, 0.5) is 5.82 Å². The normalized spacial score (nSPS) is 19.8. The van der Waals surface area contributed by atoms with Gasteiger partial charge in [-0.2, -0.15) is 0 Å². The van der Waals surface area contributed by atoms with Gasteiger partial charge < -0.3 is 0 Å². The predicted octanol–water partition coefficient (Wildman–Crippen LogP) is 2.08. The summed E-state index contributed by atoms with van der Waals surface area (Å²) in [4.78, 5) is 4.20. The van der Waals surface area contributed by atoms with Crippen LogP contribution in [0.15, 0.2) is 16.7 Å². The molecule has 0 aliphatic carbocycles. The fourth-order valence-electron chi connectivity index (χ4n) is 1.82. The zero-order valence-corrected chi connectivity index (χ0v) is 11.4. The van der Waals surface area contributed by atoms with Crippen molar-refractivity contribution in [2.24, 2.45) is 0 Å². The minimum absolute atomic E-state index is 0.226. The third-order valence-electron chi connectivity index (χ3n) is 2.60. The topological polar surface area (TPSA) is 50.3 Å². The van der Waals surface area contributed by atoms with Gasteiger partial charge in [-0.3, -0.25) is 4.31 Å². The monoisotopic (exact) mass is 304 g/mol. The highest BCUT2D eigenvalue weighted by atomic mass is 79.9. The molecule has 2 heterocycles. The van der Waals surface area contributed by atoms with Crippen molar-refractivity contribution in [2.45, 2.75) is 19.8 Å². The zero-order chi connectivity index (χ0) is 11.8. The van der Waals surface area contributed by atoms with Gasteiger partial charge in [0.1, 0.15) is 5.82 Å². The number of sulfonamides is 1. The lowest BCUT2D eigenvalue weighted by molar-refractivity contribution is 0.573. The van der Waals surface area contributed by atoms with Gasteiger partial charge in [-0.1, -0.05) is 0 Å². The summed E-state index contributed by atoms with van der Waals surface area (Å²) in [6.07, 6.45) is 3.28. The van der Waals surface area contributed by atoms with E-state index >= 15 is 0 Å². The molecule has 1 aliphatic rings. The van der Waals surface area contributed by atoms with Gasteiger partial charge in [0.25, 0.3) is 0 Å². The first kappa shape index (κ1) is 11.9. The summed E-state index contributed by atoms with van der Waals surface area (Å²) in [6, 6.07) is 1.88. The van der Waals surface area contributed by atoms with Crippen molar-refractivity contribution in [3.63, 3.8) is 0 Å². The Kier molecular flexibility index (Phi) is 3.21. The van der Waals surface area contributed by atoms with E-state index in [-0.39, 0.29) is 5.75 Å². The molecular formula is C10H13BrN2O2S. The quantitative estimate of drug-likeness (QED) is 0.798. The van der Waals surface area contributed by atoms with Crippen LogP contribution in [0.3, 0.4) is 0 Å². The minimum atomic E-state index is -3.16. The number of nitrogens with zero attached hydrogens (tertiary/aromatic N) is 2. The molecule has 0 radical (unpaired) electrons. The van der Waals surface area contributed by atoms with Gasteiger partial charge in [0.05, 0.1) is 5.75 Å². The smallest absolute Gasteiger partial charge is 0.236 e. The Bertz CT molecular complexity index is 502. The van der Waals surface area contributed by atoms with Crippen LogP contribution in [0.1, 0.15) is 18.4 Å².